The first kappa shape index (κ1) is 14.9. The van der Waals surface area contributed by atoms with Crippen molar-refractivity contribution in [1.82, 2.24) is 5.32 Å². The Morgan fingerprint density at radius 2 is 2.15 bits per heavy atom. The van der Waals surface area contributed by atoms with E-state index in [1.807, 2.05) is 43.3 Å². The molecule has 1 atom stereocenters. The fourth-order valence-corrected chi connectivity index (χ4v) is 2.78. The lowest BCUT2D eigenvalue weighted by atomic mass is 9.75. The average molecular weight is 275 g/mol. The zero-order chi connectivity index (χ0) is 14.8. The van der Waals surface area contributed by atoms with E-state index in [2.05, 4.69) is 24.5 Å². The van der Waals surface area contributed by atoms with Gasteiger partial charge in [0, 0.05) is 32.0 Å². The van der Waals surface area contributed by atoms with Crippen LogP contribution in [-0.2, 0) is 4.79 Å². The van der Waals surface area contributed by atoms with Gasteiger partial charge >= 0.3 is 0 Å². The molecule has 1 aliphatic rings. The fraction of sp³-hybridized carbons (Fsp3) is 0.562. The van der Waals surface area contributed by atoms with E-state index >= 15 is 0 Å². The van der Waals surface area contributed by atoms with E-state index in [4.69, 9.17) is 0 Å². The molecule has 1 aromatic rings. The number of hydrogen-bond acceptors (Lipinski definition) is 3. The van der Waals surface area contributed by atoms with Gasteiger partial charge < -0.3 is 15.5 Å². The van der Waals surface area contributed by atoms with Crippen molar-refractivity contribution in [3.63, 3.8) is 0 Å². The van der Waals surface area contributed by atoms with Gasteiger partial charge in [-0.25, -0.2) is 0 Å². The molecule has 4 heteroatoms. The van der Waals surface area contributed by atoms with Gasteiger partial charge in [0.2, 0.25) is 5.91 Å². The number of amides is 1. The summed E-state index contributed by atoms with van der Waals surface area (Å²) in [6, 6.07) is 7.96. The summed E-state index contributed by atoms with van der Waals surface area (Å²) in [6.07, 6.45) is 0.907. The zero-order valence-electron chi connectivity index (χ0n) is 12.9. The van der Waals surface area contributed by atoms with E-state index in [1.165, 1.54) is 0 Å². The van der Waals surface area contributed by atoms with Gasteiger partial charge in [0.15, 0.2) is 0 Å². The second-order valence-corrected chi connectivity index (χ2v) is 6.14. The highest BCUT2D eigenvalue weighted by atomic mass is 16.2. The lowest BCUT2D eigenvalue weighted by Gasteiger charge is -2.31. The third kappa shape index (κ3) is 2.80. The van der Waals surface area contributed by atoms with Crippen LogP contribution in [0.5, 0.6) is 0 Å². The van der Waals surface area contributed by atoms with Gasteiger partial charge in [0.25, 0.3) is 0 Å². The number of carbonyl (C=O) groups is 1. The number of benzene rings is 1. The molecule has 1 unspecified atom stereocenters. The van der Waals surface area contributed by atoms with Gasteiger partial charge in [-0.2, -0.15) is 0 Å². The van der Waals surface area contributed by atoms with Gasteiger partial charge in [-0.15, -0.1) is 0 Å². The van der Waals surface area contributed by atoms with Crippen molar-refractivity contribution in [2.45, 2.75) is 20.3 Å². The highest BCUT2D eigenvalue weighted by Crippen LogP contribution is 2.35. The zero-order valence-corrected chi connectivity index (χ0v) is 12.9. The minimum absolute atomic E-state index is 0.133. The Balaban J connectivity index is 2.16. The standard InChI is InChI=1S/C16H25N3O/c1-12(2)16(8-9-17-11-16)15(20)18-13-6-5-7-14(10-13)19(3)4/h5-7,10,12,17H,8-9,11H2,1-4H3,(H,18,20). The average Bonchev–Trinajstić information content (AvgIpc) is 2.89. The summed E-state index contributed by atoms with van der Waals surface area (Å²) in [4.78, 5) is 14.7. The molecule has 0 bridgehead atoms. The highest BCUT2D eigenvalue weighted by Gasteiger charge is 2.43. The van der Waals surface area contributed by atoms with E-state index in [0.717, 1.165) is 30.9 Å². The summed E-state index contributed by atoms with van der Waals surface area (Å²) in [5.41, 5.74) is 1.67. The minimum atomic E-state index is -0.284. The Kier molecular flexibility index (Phi) is 4.33. The summed E-state index contributed by atoms with van der Waals surface area (Å²) >= 11 is 0. The summed E-state index contributed by atoms with van der Waals surface area (Å²) in [5.74, 6) is 0.461. The van der Waals surface area contributed by atoms with Crippen LogP contribution < -0.4 is 15.5 Å². The van der Waals surface area contributed by atoms with Crippen LogP contribution in [0.15, 0.2) is 24.3 Å². The van der Waals surface area contributed by atoms with E-state index < -0.39 is 0 Å². The molecule has 4 nitrogen and oxygen atoms in total. The first-order valence-electron chi connectivity index (χ1n) is 7.25. The molecule has 2 rings (SSSR count). The minimum Gasteiger partial charge on any atom is -0.378 e. The van der Waals surface area contributed by atoms with E-state index in [1.54, 1.807) is 0 Å². The summed E-state index contributed by atoms with van der Waals surface area (Å²) in [6.45, 7) is 5.94. The first-order chi connectivity index (χ1) is 9.45. The molecule has 1 aromatic carbocycles. The first-order valence-corrected chi connectivity index (χ1v) is 7.25. The summed E-state index contributed by atoms with van der Waals surface area (Å²) < 4.78 is 0. The Labute approximate surface area is 121 Å². The number of nitrogens with zero attached hydrogens (tertiary/aromatic N) is 1. The number of rotatable bonds is 4. The molecule has 110 valence electrons. The largest absolute Gasteiger partial charge is 0.378 e. The number of nitrogens with one attached hydrogen (secondary N) is 2. The van der Waals surface area contributed by atoms with Gasteiger partial charge in [-0.3, -0.25) is 4.79 Å². The molecular weight excluding hydrogens is 250 g/mol. The van der Waals surface area contributed by atoms with E-state index in [0.29, 0.717) is 5.92 Å². The normalized spacial score (nSPS) is 22.1. The molecule has 2 N–H and O–H groups in total. The van der Waals surface area contributed by atoms with Crippen LogP contribution >= 0.6 is 0 Å². The second-order valence-electron chi connectivity index (χ2n) is 6.14. The monoisotopic (exact) mass is 275 g/mol. The number of carbonyl (C=O) groups excluding carboxylic acids is 1. The van der Waals surface area contributed by atoms with Crippen LogP contribution in [0.1, 0.15) is 20.3 Å². The molecule has 1 fully saturated rings. The predicted octanol–water partition coefficient (Wildman–Crippen LogP) is 2.33. The maximum atomic E-state index is 12.7. The summed E-state index contributed by atoms with van der Waals surface area (Å²) in [5, 5.41) is 6.42. The SMILES string of the molecule is CC(C)C1(C(=O)Nc2cccc(N(C)C)c2)CCNC1. The number of anilines is 2. The van der Waals surface area contributed by atoms with Gasteiger partial charge in [0.05, 0.1) is 5.41 Å². The van der Waals surface area contributed by atoms with Crippen LogP contribution in [-0.4, -0.2) is 33.1 Å². The van der Waals surface area contributed by atoms with Crippen molar-refractivity contribution in [3.05, 3.63) is 24.3 Å². The third-order valence-electron chi connectivity index (χ3n) is 4.37. The summed E-state index contributed by atoms with van der Waals surface area (Å²) in [7, 11) is 3.99. The van der Waals surface area contributed by atoms with Crippen LogP contribution in [0.2, 0.25) is 0 Å². The van der Waals surface area contributed by atoms with Crippen molar-refractivity contribution in [2.75, 3.05) is 37.4 Å². The Bertz CT molecular complexity index is 476. The van der Waals surface area contributed by atoms with Crippen molar-refractivity contribution in [1.29, 1.82) is 0 Å². The fourth-order valence-electron chi connectivity index (χ4n) is 2.78. The predicted molar refractivity (Wildman–Crippen MR) is 84.2 cm³/mol. The molecule has 1 heterocycles. The Morgan fingerprint density at radius 3 is 2.70 bits per heavy atom. The lowest BCUT2D eigenvalue weighted by Crippen LogP contribution is -2.42. The molecule has 1 saturated heterocycles. The lowest BCUT2D eigenvalue weighted by molar-refractivity contribution is -0.126. The second kappa shape index (κ2) is 5.83. The van der Waals surface area contributed by atoms with Crippen molar-refractivity contribution < 1.29 is 4.79 Å². The highest BCUT2D eigenvalue weighted by molar-refractivity contribution is 5.96. The van der Waals surface area contributed by atoms with Gasteiger partial charge in [-0.1, -0.05) is 19.9 Å². The van der Waals surface area contributed by atoms with Crippen molar-refractivity contribution in [2.24, 2.45) is 11.3 Å². The number of hydrogen-bond donors (Lipinski definition) is 2. The molecule has 0 spiro atoms. The molecule has 0 saturated carbocycles. The third-order valence-corrected chi connectivity index (χ3v) is 4.37. The van der Waals surface area contributed by atoms with Gasteiger partial charge in [-0.05, 0) is 37.1 Å². The van der Waals surface area contributed by atoms with Crippen molar-refractivity contribution >= 4 is 17.3 Å². The maximum Gasteiger partial charge on any atom is 0.232 e. The molecule has 1 aliphatic heterocycles. The molecule has 0 aliphatic carbocycles. The van der Waals surface area contributed by atoms with Gasteiger partial charge in [0.1, 0.15) is 0 Å². The molecule has 1 amide bonds. The van der Waals surface area contributed by atoms with Crippen LogP contribution in [0, 0.1) is 11.3 Å². The topological polar surface area (TPSA) is 44.4 Å². The van der Waals surface area contributed by atoms with Crippen LogP contribution in [0.3, 0.4) is 0 Å². The van der Waals surface area contributed by atoms with E-state index in [9.17, 15) is 4.79 Å². The Hall–Kier alpha value is -1.55. The molecular formula is C16H25N3O. The molecule has 0 aromatic heterocycles. The molecule has 20 heavy (non-hydrogen) atoms. The quantitative estimate of drug-likeness (QED) is 0.886. The van der Waals surface area contributed by atoms with E-state index in [-0.39, 0.29) is 11.3 Å². The van der Waals surface area contributed by atoms with Crippen LogP contribution in [0.4, 0.5) is 11.4 Å². The Morgan fingerprint density at radius 1 is 1.40 bits per heavy atom. The van der Waals surface area contributed by atoms with Crippen LogP contribution in [0.25, 0.3) is 0 Å². The van der Waals surface area contributed by atoms with Crippen molar-refractivity contribution in [3.8, 4) is 0 Å². The maximum absolute atomic E-state index is 12.7. The molecule has 0 radical (unpaired) electrons. The smallest absolute Gasteiger partial charge is 0.232 e.